The molecule has 0 saturated carbocycles. The van der Waals surface area contributed by atoms with Gasteiger partial charge in [-0.25, -0.2) is 0 Å². The number of nitrogens with one attached hydrogen (secondary N) is 1. The number of anilines is 1. The number of benzene rings is 1. The van der Waals surface area contributed by atoms with E-state index in [2.05, 4.69) is 5.32 Å². The van der Waals surface area contributed by atoms with Crippen molar-refractivity contribution in [2.75, 3.05) is 29.9 Å². The molecule has 1 saturated heterocycles. The van der Waals surface area contributed by atoms with Crippen molar-refractivity contribution in [3.05, 3.63) is 29.8 Å². The third-order valence-corrected chi connectivity index (χ3v) is 4.82. The van der Waals surface area contributed by atoms with Crippen molar-refractivity contribution in [2.24, 2.45) is 5.73 Å². The third kappa shape index (κ3) is 5.55. The average molecular weight is 335 g/mol. The molecule has 1 fully saturated rings. The highest BCUT2D eigenvalue weighted by Gasteiger charge is 2.17. The fourth-order valence-electron chi connectivity index (χ4n) is 2.48. The summed E-state index contributed by atoms with van der Waals surface area (Å²) in [6.07, 6.45) is 1.96. The number of thioether (sulfide) groups is 1. The molecule has 1 heterocycles. The van der Waals surface area contributed by atoms with Gasteiger partial charge >= 0.3 is 0 Å². The minimum Gasteiger partial charge on any atom is -0.341 e. The van der Waals surface area contributed by atoms with Crippen LogP contribution in [0.15, 0.2) is 24.3 Å². The first-order valence-electron chi connectivity index (χ1n) is 8.11. The lowest BCUT2D eigenvalue weighted by molar-refractivity contribution is -0.130. The molecule has 5 nitrogen and oxygen atoms in total. The average Bonchev–Trinajstić information content (AvgIpc) is 2.57. The molecule has 0 radical (unpaired) electrons. The fraction of sp³-hybridized carbons (Fsp3) is 0.529. The van der Waals surface area contributed by atoms with Crippen molar-refractivity contribution < 1.29 is 9.59 Å². The van der Waals surface area contributed by atoms with Crippen LogP contribution in [-0.2, 0) is 16.0 Å². The number of nitrogens with two attached hydrogens (primary N) is 1. The van der Waals surface area contributed by atoms with Crippen LogP contribution in [0.4, 0.5) is 5.69 Å². The summed E-state index contributed by atoms with van der Waals surface area (Å²) < 4.78 is 0. The summed E-state index contributed by atoms with van der Waals surface area (Å²) in [5.74, 6) is 2.05. The molecule has 1 unspecified atom stereocenters. The molecule has 23 heavy (non-hydrogen) atoms. The second-order valence-electron chi connectivity index (χ2n) is 5.75. The number of rotatable bonds is 6. The largest absolute Gasteiger partial charge is 0.341 e. The first-order valence-corrected chi connectivity index (χ1v) is 9.26. The van der Waals surface area contributed by atoms with Gasteiger partial charge < -0.3 is 16.0 Å². The molecule has 0 aromatic heterocycles. The van der Waals surface area contributed by atoms with Crippen LogP contribution < -0.4 is 11.1 Å². The van der Waals surface area contributed by atoms with E-state index in [1.165, 1.54) is 0 Å². The van der Waals surface area contributed by atoms with Gasteiger partial charge in [0.05, 0.1) is 12.5 Å². The predicted molar refractivity (Wildman–Crippen MR) is 95.6 cm³/mol. The summed E-state index contributed by atoms with van der Waals surface area (Å²) in [4.78, 5) is 26.0. The molecule has 0 bridgehead atoms. The van der Waals surface area contributed by atoms with Gasteiger partial charge in [-0.1, -0.05) is 25.5 Å². The highest BCUT2D eigenvalue weighted by Crippen LogP contribution is 2.14. The summed E-state index contributed by atoms with van der Waals surface area (Å²) in [5, 5.41) is 2.81. The Morgan fingerprint density at radius 1 is 1.26 bits per heavy atom. The van der Waals surface area contributed by atoms with Crippen molar-refractivity contribution in [3.8, 4) is 0 Å². The van der Waals surface area contributed by atoms with E-state index in [1.807, 2.05) is 47.9 Å². The first-order chi connectivity index (χ1) is 11.1. The number of carbonyl (C=O) groups is 2. The van der Waals surface area contributed by atoms with Gasteiger partial charge in [0.1, 0.15) is 0 Å². The molecule has 0 spiro atoms. The Balaban J connectivity index is 1.86. The molecule has 3 N–H and O–H groups in total. The van der Waals surface area contributed by atoms with Gasteiger partial charge in [-0.2, -0.15) is 11.8 Å². The maximum absolute atomic E-state index is 12.2. The summed E-state index contributed by atoms with van der Waals surface area (Å²) in [6, 6.07) is 6.95. The van der Waals surface area contributed by atoms with Gasteiger partial charge in [0, 0.05) is 30.3 Å². The zero-order valence-electron chi connectivity index (χ0n) is 13.6. The zero-order chi connectivity index (χ0) is 16.7. The lowest BCUT2D eigenvalue weighted by Gasteiger charge is -2.26. The van der Waals surface area contributed by atoms with Crippen LogP contribution >= 0.6 is 11.8 Å². The summed E-state index contributed by atoms with van der Waals surface area (Å²) in [7, 11) is 0. The van der Waals surface area contributed by atoms with Crippen molar-refractivity contribution in [1.82, 2.24) is 4.90 Å². The second-order valence-corrected chi connectivity index (χ2v) is 6.98. The molecular formula is C17H25N3O2S. The van der Waals surface area contributed by atoms with Crippen LogP contribution in [0.5, 0.6) is 0 Å². The van der Waals surface area contributed by atoms with Gasteiger partial charge in [-0.3, -0.25) is 9.59 Å². The lowest BCUT2D eigenvalue weighted by atomic mass is 10.1. The van der Waals surface area contributed by atoms with Gasteiger partial charge in [0.15, 0.2) is 0 Å². The summed E-state index contributed by atoms with van der Waals surface area (Å²) >= 11 is 1.89. The zero-order valence-corrected chi connectivity index (χ0v) is 14.4. The number of hydrogen-bond acceptors (Lipinski definition) is 4. The highest BCUT2D eigenvalue weighted by atomic mass is 32.2. The van der Waals surface area contributed by atoms with Crippen LogP contribution in [0, 0.1) is 0 Å². The maximum atomic E-state index is 12.2. The predicted octanol–water partition coefficient (Wildman–Crippen LogP) is 1.87. The Bertz CT molecular complexity index is 527. The number of nitrogens with zero attached hydrogens (tertiary/aromatic N) is 1. The van der Waals surface area contributed by atoms with Crippen molar-refractivity contribution in [3.63, 3.8) is 0 Å². The number of hydrogen-bond donors (Lipinski definition) is 2. The number of carbonyl (C=O) groups excluding carboxylic acids is 2. The molecule has 1 atom stereocenters. The molecule has 6 heteroatoms. The van der Waals surface area contributed by atoms with Crippen LogP contribution in [0.25, 0.3) is 0 Å². The smallest absolute Gasteiger partial charge is 0.241 e. The standard InChI is InChI=1S/C17H25N3O2S/c1-2-3-15(18)17(22)19-14-6-4-13(5-7-14)12-16(21)20-8-10-23-11-9-20/h4-7,15H,2-3,8-12,18H2,1H3,(H,19,22). The Kier molecular flexibility index (Phi) is 6.92. The fourth-order valence-corrected chi connectivity index (χ4v) is 3.39. The van der Waals surface area contributed by atoms with Crippen LogP contribution in [0.1, 0.15) is 25.3 Å². The van der Waals surface area contributed by atoms with Crippen LogP contribution in [0.3, 0.4) is 0 Å². The van der Waals surface area contributed by atoms with Crippen molar-refractivity contribution in [1.29, 1.82) is 0 Å². The normalized spacial score (nSPS) is 16.0. The van der Waals surface area contributed by atoms with E-state index in [-0.39, 0.29) is 11.8 Å². The second kappa shape index (κ2) is 8.93. The SMILES string of the molecule is CCCC(N)C(=O)Nc1ccc(CC(=O)N2CCSCC2)cc1. The van der Waals surface area contributed by atoms with Gasteiger partial charge in [-0.15, -0.1) is 0 Å². The minimum atomic E-state index is -0.474. The lowest BCUT2D eigenvalue weighted by Crippen LogP contribution is -2.38. The first kappa shape index (κ1) is 17.8. The van der Waals surface area contributed by atoms with Crippen molar-refractivity contribution >= 4 is 29.3 Å². The molecule has 1 aliphatic heterocycles. The van der Waals surface area contributed by atoms with Crippen LogP contribution in [0.2, 0.25) is 0 Å². The van der Waals surface area contributed by atoms with Gasteiger partial charge in [0.25, 0.3) is 0 Å². The number of amides is 2. The minimum absolute atomic E-state index is 0.165. The maximum Gasteiger partial charge on any atom is 0.241 e. The quantitative estimate of drug-likeness (QED) is 0.832. The Labute approximate surface area is 142 Å². The van der Waals surface area contributed by atoms with E-state index in [0.717, 1.165) is 36.6 Å². The third-order valence-electron chi connectivity index (χ3n) is 3.88. The van der Waals surface area contributed by atoms with E-state index < -0.39 is 6.04 Å². The molecule has 126 valence electrons. The van der Waals surface area contributed by atoms with E-state index >= 15 is 0 Å². The molecule has 1 aliphatic rings. The van der Waals surface area contributed by atoms with E-state index in [0.29, 0.717) is 18.5 Å². The Morgan fingerprint density at radius 3 is 2.52 bits per heavy atom. The van der Waals surface area contributed by atoms with E-state index in [1.54, 1.807) is 0 Å². The highest BCUT2D eigenvalue weighted by molar-refractivity contribution is 7.99. The van der Waals surface area contributed by atoms with Gasteiger partial charge in [-0.05, 0) is 24.1 Å². The monoisotopic (exact) mass is 335 g/mol. The summed E-state index contributed by atoms with van der Waals surface area (Å²) in [6.45, 7) is 3.68. The van der Waals surface area contributed by atoms with Crippen molar-refractivity contribution in [2.45, 2.75) is 32.2 Å². The molecule has 1 aromatic rings. The van der Waals surface area contributed by atoms with Crippen LogP contribution in [-0.4, -0.2) is 47.4 Å². The Hall–Kier alpha value is -1.53. The molecular weight excluding hydrogens is 310 g/mol. The molecule has 1 aromatic carbocycles. The molecule has 2 rings (SSSR count). The van der Waals surface area contributed by atoms with E-state index in [9.17, 15) is 9.59 Å². The topological polar surface area (TPSA) is 75.4 Å². The Morgan fingerprint density at radius 2 is 1.91 bits per heavy atom. The molecule has 0 aliphatic carbocycles. The van der Waals surface area contributed by atoms with E-state index in [4.69, 9.17) is 5.73 Å². The summed E-state index contributed by atoms with van der Waals surface area (Å²) in [5.41, 5.74) is 7.47. The molecule has 2 amide bonds. The van der Waals surface area contributed by atoms with Gasteiger partial charge in [0.2, 0.25) is 11.8 Å².